The summed E-state index contributed by atoms with van der Waals surface area (Å²) in [7, 11) is 1.63. The lowest BCUT2D eigenvalue weighted by molar-refractivity contribution is -0.123. The van der Waals surface area contributed by atoms with Gasteiger partial charge in [0.2, 0.25) is 5.91 Å². The first kappa shape index (κ1) is 18.3. The van der Waals surface area contributed by atoms with Crippen LogP contribution in [-0.4, -0.2) is 32.1 Å². The van der Waals surface area contributed by atoms with E-state index in [1.165, 1.54) is 6.92 Å². The van der Waals surface area contributed by atoms with Crippen molar-refractivity contribution in [3.63, 3.8) is 0 Å². The fourth-order valence-corrected chi connectivity index (χ4v) is 2.21. The molecule has 0 bridgehead atoms. The van der Waals surface area contributed by atoms with Crippen LogP contribution in [0, 0.1) is 0 Å². The molecule has 132 valence electrons. The predicted octanol–water partition coefficient (Wildman–Crippen LogP) is 2.39. The van der Waals surface area contributed by atoms with Gasteiger partial charge < -0.3 is 20.1 Å². The highest BCUT2D eigenvalue weighted by Gasteiger charge is 2.04. The van der Waals surface area contributed by atoms with Crippen molar-refractivity contribution in [2.24, 2.45) is 0 Å². The number of carbonyl (C=O) groups excluding carboxylic acids is 2. The maximum Gasteiger partial charge on any atom is 0.257 e. The average Bonchev–Trinajstić information content (AvgIpc) is 2.60. The second kappa shape index (κ2) is 9.32. The second-order valence-corrected chi connectivity index (χ2v) is 5.45. The highest BCUT2D eigenvalue weighted by Crippen LogP contribution is 2.17. The Labute approximate surface area is 147 Å². The van der Waals surface area contributed by atoms with E-state index in [0.717, 1.165) is 17.7 Å². The lowest BCUT2D eigenvalue weighted by Crippen LogP contribution is -2.30. The van der Waals surface area contributed by atoms with Gasteiger partial charge in [-0.15, -0.1) is 0 Å². The third-order valence-corrected chi connectivity index (χ3v) is 3.42. The molecule has 0 heterocycles. The largest absolute Gasteiger partial charge is 0.497 e. The van der Waals surface area contributed by atoms with Gasteiger partial charge in [0.15, 0.2) is 6.61 Å². The van der Waals surface area contributed by atoms with E-state index in [4.69, 9.17) is 9.47 Å². The number of ether oxygens (including phenoxy) is 2. The molecule has 2 N–H and O–H groups in total. The molecule has 0 fully saturated rings. The first-order valence-electron chi connectivity index (χ1n) is 7.97. The van der Waals surface area contributed by atoms with Crippen molar-refractivity contribution < 1.29 is 19.1 Å². The zero-order chi connectivity index (χ0) is 18.1. The summed E-state index contributed by atoms with van der Waals surface area (Å²) in [6.45, 7) is 1.89. The van der Waals surface area contributed by atoms with Crippen LogP contribution in [0.15, 0.2) is 48.5 Å². The molecule has 0 radical (unpaired) electrons. The number of hydrogen-bond donors (Lipinski definition) is 2. The van der Waals surface area contributed by atoms with Crippen LogP contribution in [0.2, 0.25) is 0 Å². The fraction of sp³-hybridized carbons (Fsp3) is 0.263. The summed E-state index contributed by atoms with van der Waals surface area (Å²) in [6.07, 6.45) is 0.730. The molecule has 0 aromatic heterocycles. The third-order valence-electron chi connectivity index (χ3n) is 3.42. The molecule has 6 heteroatoms. The molecule has 2 aromatic carbocycles. The molecule has 0 atom stereocenters. The summed E-state index contributed by atoms with van der Waals surface area (Å²) in [5.74, 6) is 0.978. The van der Waals surface area contributed by atoms with Gasteiger partial charge in [0.25, 0.3) is 5.91 Å². The number of amides is 2. The van der Waals surface area contributed by atoms with Gasteiger partial charge in [0, 0.05) is 25.2 Å². The SMILES string of the molecule is COc1ccc(CCNC(=O)COc2cccc(NC(C)=O)c2)cc1. The lowest BCUT2D eigenvalue weighted by Gasteiger charge is -2.09. The van der Waals surface area contributed by atoms with E-state index >= 15 is 0 Å². The first-order valence-corrected chi connectivity index (χ1v) is 7.97. The van der Waals surface area contributed by atoms with Crippen LogP contribution in [0.25, 0.3) is 0 Å². The first-order chi connectivity index (χ1) is 12.1. The smallest absolute Gasteiger partial charge is 0.257 e. The van der Waals surface area contributed by atoms with Gasteiger partial charge in [-0.2, -0.15) is 0 Å². The fourth-order valence-electron chi connectivity index (χ4n) is 2.21. The topological polar surface area (TPSA) is 76.7 Å². The maximum absolute atomic E-state index is 11.8. The van der Waals surface area contributed by atoms with Crippen LogP contribution >= 0.6 is 0 Å². The van der Waals surface area contributed by atoms with Gasteiger partial charge in [-0.1, -0.05) is 18.2 Å². The zero-order valence-corrected chi connectivity index (χ0v) is 14.4. The van der Waals surface area contributed by atoms with E-state index in [0.29, 0.717) is 18.0 Å². The molecule has 2 aromatic rings. The Kier molecular flexibility index (Phi) is 6.83. The van der Waals surface area contributed by atoms with E-state index in [2.05, 4.69) is 10.6 Å². The molecule has 0 aliphatic heterocycles. The zero-order valence-electron chi connectivity index (χ0n) is 14.4. The standard InChI is InChI=1S/C19H22N2O4/c1-14(22)21-16-4-3-5-18(12-16)25-13-19(23)20-11-10-15-6-8-17(24-2)9-7-15/h3-9,12H,10-11,13H2,1-2H3,(H,20,23)(H,21,22). The quantitative estimate of drug-likeness (QED) is 0.772. The Morgan fingerprint density at radius 1 is 1.04 bits per heavy atom. The van der Waals surface area contributed by atoms with E-state index < -0.39 is 0 Å². The number of methoxy groups -OCH3 is 1. The van der Waals surface area contributed by atoms with Crippen LogP contribution in [0.3, 0.4) is 0 Å². The second-order valence-electron chi connectivity index (χ2n) is 5.45. The predicted molar refractivity (Wildman–Crippen MR) is 95.9 cm³/mol. The van der Waals surface area contributed by atoms with Crippen LogP contribution < -0.4 is 20.1 Å². The minimum Gasteiger partial charge on any atom is -0.497 e. The van der Waals surface area contributed by atoms with Gasteiger partial charge >= 0.3 is 0 Å². The van der Waals surface area contributed by atoms with Crippen LogP contribution in [0.5, 0.6) is 11.5 Å². The molecular weight excluding hydrogens is 320 g/mol. The molecule has 0 aliphatic rings. The molecule has 0 saturated carbocycles. The van der Waals surface area contributed by atoms with Gasteiger partial charge in [0.05, 0.1) is 7.11 Å². The average molecular weight is 342 g/mol. The van der Waals surface area contributed by atoms with E-state index in [-0.39, 0.29) is 18.4 Å². The molecule has 0 spiro atoms. The minimum absolute atomic E-state index is 0.0772. The molecule has 0 unspecified atom stereocenters. The van der Waals surface area contributed by atoms with E-state index in [9.17, 15) is 9.59 Å². The normalized spacial score (nSPS) is 10.0. The molecule has 0 aliphatic carbocycles. The Balaban J connectivity index is 1.72. The number of anilines is 1. The Morgan fingerprint density at radius 2 is 1.80 bits per heavy atom. The van der Waals surface area contributed by atoms with Gasteiger partial charge in [-0.25, -0.2) is 0 Å². The lowest BCUT2D eigenvalue weighted by atomic mass is 10.1. The Hall–Kier alpha value is -3.02. The number of carbonyl (C=O) groups is 2. The van der Waals surface area contributed by atoms with Crippen molar-refractivity contribution in [3.8, 4) is 11.5 Å². The van der Waals surface area contributed by atoms with Crippen LogP contribution in [0.1, 0.15) is 12.5 Å². The summed E-state index contributed by atoms with van der Waals surface area (Å²) >= 11 is 0. The highest BCUT2D eigenvalue weighted by atomic mass is 16.5. The summed E-state index contributed by atoms with van der Waals surface area (Å²) in [5, 5.41) is 5.48. The number of rotatable bonds is 8. The molecule has 2 rings (SSSR count). The minimum atomic E-state index is -0.196. The summed E-state index contributed by atoms with van der Waals surface area (Å²) in [5.41, 5.74) is 1.75. The highest BCUT2D eigenvalue weighted by molar-refractivity contribution is 5.88. The summed E-state index contributed by atoms with van der Waals surface area (Å²) in [4.78, 5) is 22.9. The summed E-state index contributed by atoms with van der Waals surface area (Å²) < 4.78 is 10.5. The number of benzene rings is 2. The van der Waals surface area contributed by atoms with Crippen LogP contribution in [0.4, 0.5) is 5.69 Å². The van der Waals surface area contributed by atoms with E-state index in [1.54, 1.807) is 31.4 Å². The van der Waals surface area contributed by atoms with Crippen molar-refractivity contribution in [1.82, 2.24) is 5.32 Å². The summed E-state index contributed by atoms with van der Waals surface area (Å²) in [6, 6.07) is 14.6. The van der Waals surface area contributed by atoms with Crippen LogP contribution in [-0.2, 0) is 16.0 Å². The monoisotopic (exact) mass is 342 g/mol. The van der Waals surface area contributed by atoms with Gasteiger partial charge in [-0.3, -0.25) is 9.59 Å². The van der Waals surface area contributed by atoms with Gasteiger partial charge in [0.1, 0.15) is 11.5 Å². The third kappa shape index (κ3) is 6.55. The van der Waals surface area contributed by atoms with Crippen molar-refractivity contribution in [3.05, 3.63) is 54.1 Å². The Morgan fingerprint density at radius 3 is 2.48 bits per heavy atom. The molecule has 0 saturated heterocycles. The number of nitrogens with one attached hydrogen (secondary N) is 2. The number of hydrogen-bond acceptors (Lipinski definition) is 4. The Bertz CT molecular complexity index is 714. The van der Waals surface area contributed by atoms with Crippen molar-refractivity contribution in [1.29, 1.82) is 0 Å². The van der Waals surface area contributed by atoms with E-state index in [1.807, 2.05) is 24.3 Å². The van der Waals surface area contributed by atoms with Gasteiger partial charge in [-0.05, 0) is 36.2 Å². The molecule has 6 nitrogen and oxygen atoms in total. The maximum atomic E-state index is 11.8. The van der Waals surface area contributed by atoms with Crippen molar-refractivity contribution >= 4 is 17.5 Å². The van der Waals surface area contributed by atoms with Crippen molar-refractivity contribution in [2.75, 3.05) is 25.6 Å². The molecular formula is C19H22N2O4. The molecule has 2 amide bonds. The molecule has 25 heavy (non-hydrogen) atoms. The van der Waals surface area contributed by atoms with Crippen molar-refractivity contribution in [2.45, 2.75) is 13.3 Å².